The van der Waals surface area contributed by atoms with Crippen LogP contribution in [0.2, 0.25) is 0 Å². The number of imidazole rings is 1. The van der Waals surface area contributed by atoms with Crippen LogP contribution in [0.1, 0.15) is 0 Å². The van der Waals surface area contributed by atoms with E-state index in [4.69, 9.17) is 10.3 Å². The van der Waals surface area contributed by atoms with E-state index in [1.807, 2.05) is 42.1 Å². The summed E-state index contributed by atoms with van der Waals surface area (Å²) in [4.78, 5) is 4.28. The molecule has 2 aromatic heterocycles. The number of nitrogens with zero attached hydrogens (tertiary/aromatic N) is 3. The minimum absolute atomic E-state index is 0.288. The molecule has 0 aliphatic heterocycles. The standard InChI is InChI=1S/C13H11BrN4O/c1-18-6-5-16-13(18)11-10(12(15)19-17-11)8-3-2-4-9(14)7-8/h2-7H,15H2,1H3. The van der Waals surface area contributed by atoms with Gasteiger partial charge in [0.1, 0.15) is 0 Å². The maximum Gasteiger partial charge on any atom is 0.230 e. The van der Waals surface area contributed by atoms with Crippen molar-refractivity contribution in [2.45, 2.75) is 0 Å². The molecule has 0 unspecified atom stereocenters. The summed E-state index contributed by atoms with van der Waals surface area (Å²) in [7, 11) is 1.90. The summed E-state index contributed by atoms with van der Waals surface area (Å²) in [6, 6.07) is 7.82. The highest BCUT2D eigenvalue weighted by atomic mass is 79.9. The molecule has 6 heteroatoms. The number of anilines is 1. The molecular weight excluding hydrogens is 308 g/mol. The van der Waals surface area contributed by atoms with Gasteiger partial charge in [0.2, 0.25) is 5.88 Å². The Hall–Kier alpha value is -2.08. The zero-order chi connectivity index (χ0) is 13.4. The molecule has 0 fully saturated rings. The van der Waals surface area contributed by atoms with Crippen LogP contribution in [-0.4, -0.2) is 14.7 Å². The molecule has 0 saturated carbocycles. The van der Waals surface area contributed by atoms with Crippen LogP contribution < -0.4 is 5.73 Å². The lowest BCUT2D eigenvalue weighted by atomic mass is 10.1. The summed E-state index contributed by atoms with van der Waals surface area (Å²) >= 11 is 3.45. The third-order valence-electron chi connectivity index (χ3n) is 2.86. The summed E-state index contributed by atoms with van der Waals surface area (Å²) in [5, 5.41) is 4.03. The largest absolute Gasteiger partial charge is 0.367 e. The number of aryl methyl sites for hydroxylation is 1. The van der Waals surface area contributed by atoms with Gasteiger partial charge in [0.25, 0.3) is 0 Å². The normalized spacial score (nSPS) is 10.8. The Kier molecular flexibility index (Phi) is 2.87. The molecule has 0 spiro atoms. The highest BCUT2D eigenvalue weighted by Crippen LogP contribution is 2.36. The molecule has 1 aromatic carbocycles. The van der Waals surface area contributed by atoms with Crippen molar-refractivity contribution >= 4 is 21.8 Å². The lowest BCUT2D eigenvalue weighted by molar-refractivity contribution is 0.438. The maximum atomic E-state index is 5.90. The van der Waals surface area contributed by atoms with Crippen LogP contribution in [0.5, 0.6) is 0 Å². The molecule has 0 bridgehead atoms. The van der Waals surface area contributed by atoms with Gasteiger partial charge in [-0.3, -0.25) is 0 Å². The van der Waals surface area contributed by atoms with Gasteiger partial charge in [-0.05, 0) is 17.7 Å². The molecule has 3 aromatic rings. The van der Waals surface area contributed by atoms with Crippen LogP contribution in [0.15, 0.2) is 45.7 Å². The highest BCUT2D eigenvalue weighted by Gasteiger charge is 2.20. The molecule has 19 heavy (non-hydrogen) atoms. The van der Waals surface area contributed by atoms with Gasteiger partial charge in [0.15, 0.2) is 11.5 Å². The molecule has 0 saturated heterocycles. The predicted octanol–water partition coefficient (Wildman–Crippen LogP) is 3.09. The average molecular weight is 319 g/mol. The van der Waals surface area contributed by atoms with Crippen LogP contribution in [-0.2, 0) is 7.05 Å². The van der Waals surface area contributed by atoms with Gasteiger partial charge in [-0.2, -0.15) is 0 Å². The van der Waals surface area contributed by atoms with Crippen LogP contribution in [0.4, 0.5) is 5.88 Å². The van der Waals surface area contributed by atoms with E-state index in [1.54, 1.807) is 6.20 Å². The number of aromatic nitrogens is 3. The molecule has 2 heterocycles. The van der Waals surface area contributed by atoms with Gasteiger partial charge in [0, 0.05) is 23.9 Å². The smallest absolute Gasteiger partial charge is 0.230 e. The van der Waals surface area contributed by atoms with Gasteiger partial charge in [-0.25, -0.2) is 4.98 Å². The van der Waals surface area contributed by atoms with Crippen molar-refractivity contribution in [3.8, 4) is 22.6 Å². The van der Waals surface area contributed by atoms with E-state index in [0.717, 1.165) is 21.4 Å². The fraction of sp³-hybridized carbons (Fsp3) is 0.0769. The van der Waals surface area contributed by atoms with Gasteiger partial charge in [-0.15, -0.1) is 0 Å². The average Bonchev–Trinajstić information content (AvgIpc) is 2.95. The summed E-state index contributed by atoms with van der Waals surface area (Å²) in [6.45, 7) is 0. The lowest BCUT2D eigenvalue weighted by Gasteiger charge is -2.03. The first-order valence-corrected chi connectivity index (χ1v) is 6.45. The second kappa shape index (κ2) is 4.55. The number of hydrogen-bond donors (Lipinski definition) is 1. The number of rotatable bonds is 2. The first kappa shape index (κ1) is 12.0. The first-order chi connectivity index (χ1) is 9.16. The van der Waals surface area contributed by atoms with Gasteiger partial charge in [-0.1, -0.05) is 33.2 Å². The molecule has 0 atom stereocenters. The van der Waals surface area contributed by atoms with Crippen molar-refractivity contribution in [3.63, 3.8) is 0 Å². The minimum atomic E-state index is 0.288. The third-order valence-corrected chi connectivity index (χ3v) is 3.36. The Balaban J connectivity index is 2.22. The van der Waals surface area contributed by atoms with E-state index in [1.165, 1.54) is 0 Å². The number of hydrogen-bond acceptors (Lipinski definition) is 4. The highest BCUT2D eigenvalue weighted by molar-refractivity contribution is 9.10. The Labute approximate surface area is 118 Å². The second-order valence-electron chi connectivity index (χ2n) is 4.14. The Morgan fingerprint density at radius 3 is 2.89 bits per heavy atom. The summed E-state index contributed by atoms with van der Waals surface area (Å²) in [6.07, 6.45) is 3.57. The van der Waals surface area contributed by atoms with Crippen LogP contribution in [0.3, 0.4) is 0 Å². The lowest BCUT2D eigenvalue weighted by Crippen LogP contribution is -1.94. The van der Waals surface area contributed by atoms with E-state index < -0.39 is 0 Å². The third kappa shape index (κ3) is 2.04. The molecule has 3 rings (SSSR count). The molecule has 0 aliphatic rings. The topological polar surface area (TPSA) is 69.9 Å². The Bertz CT molecular complexity index is 732. The molecule has 5 nitrogen and oxygen atoms in total. The SMILES string of the molecule is Cn1ccnc1-c1noc(N)c1-c1cccc(Br)c1. The predicted molar refractivity (Wildman–Crippen MR) is 76.3 cm³/mol. The monoisotopic (exact) mass is 318 g/mol. The van der Waals surface area contributed by atoms with Gasteiger partial charge < -0.3 is 14.8 Å². The Morgan fingerprint density at radius 1 is 1.37 bits per heavy atom. The quantitative estimate of drug-likeness (QED) is 0.788. The number of benzene rings is 1. The van der Waals surface area contributed by atoms with Crippen LogP contribution in [0, 0.1) is 0 Å². The maximum absolute atomic E-state index is 5.90. The fourth-order valence-corrected chi connectivity index (χ4v) is 2.37. The van der Waals surface area contributed by atoms with Crippen molar-refractivity contribution in [1.29, 1.82) is 0 Å². The van der Waals surface area contributed by atoms with Crippen molar-refractivity contribution in [1.82, 2.24) is 14.7 Å². The molecule has 0 radical (unpaired) electrons. The van der Waals surface area contributed by atoms with E-state index >= 15 is 0 Å². The Morgan fingerprint density at radius 2 is 2.21 bits per heavy atom. The minimum Gasteiger partial charge on any atom is -0.367 e. The van der Waals surface area contributed by atoms with E-state index in [0.29, 0.717) is 5.69 Å². The molecule has 96 valence electrons. The summed E-state index contributed by atoms with van der Waals surface area (Å²) < 4.78 is 7.97. The number of nitrogen functional groups attached to an aromatic ring is 1. The zero-order valence-corrected chi connectivity index (χ0v) is 11.8. The first-order valence-electron chi connectivity index (χ1n) is 5.65. The number of nitrogens with two attached hydrogens (primary N) is 1. The van der Waals surface area contributed by atoms with Crippen LogP contribution >= 0.6 is 15.9 Å². The molecule has 0 aliphatic carbocycles. The zero-order valence-electron chi connectivity index (χ0n) is 10.2. The molecule has 2 N–H and O–H groups in total. The summed E-state index contributed by atoms with van der Waals surface area (Å²) in [5.41, 5.74) is 8.24. The molecular formula is C13H11BrN4O. The number of halogens is 1. The van der Waals surface area contributed by atoms with E-state index in [-0.39, 0.29) is 5.88 Å². The van der Waals surface area contributed by atoms with Crippen molar-refractivity contribution in [2.75, 3.05) is 5.73 Å². The van der Waals surface area contributed by atoms with Crippen molar-refractivity contribution < 1.29 is 4.52 Å². The van der Waals surface area contributed by atoms with Gasteiger partial charge >= 0.3 is 0 Å². The summed E-state index contributed by atoms with van der Waals surface area (Å²) in [5.74, 6) is 1.01. The van der Waals surface area contributed by atoms with Crippen molar-refractivity contribution in [3.05, 3.63) is 41.1 Å². The fourth-order valence-electron chi connectivity index (χ4n) is 1.97. The van der Waals surface area contributed by atoms with E-state index in [9.17, 15) is 0 Å². The van der Waals surface area contributed by atoms with Crippen LogP contribution in [0.25, 0.3) is 22.6 Å². The van der Waals surface area contributed by atoms with E-state index in [2.05, 4.69) is 26.1 Å². The second-order valence-corrected chi connectivity index (χ2v) is 5.06. The molecule has 0 amide bonds. The van der Waals surface area contributed by atoms with Crippen molar-refractivity contribution in [2.24, 2.45) is 7.05 Å². The van der Waals surface area contributed by atoms with Gasteiger partial charge in [0.05, 0.1) is 5.56 Å².